The van der Waals surface area contributed by atoms with Gasteiger partial charge in [-0.3, -0.25) is 0 Å². The molecule has 1 fully saturated rings. The molecule has 0 saturated carbocycles. The quantitative estimate of drug-likeness (QED) is 0.835. The van der Waals surface area contributed by atoms with Gasteiger partial charge >= 0.3 is 0 Å². The smallest absolute Gasteiger partial charge is 0.142 e. The molecule has 2 aromatic rings. The number of hydrogen-bond acceptors (Lipinski definition) is 3. The van der Waals surface area contributed by atoms with Crippen molar-refractivity contribution in [3.8, 4) is 6.07 Å². The van der Waals surface area contributed by atoms with Crippen molar-refractivity contribution in [3.63, 3.8) is 0 Å². The lowest BCUT2D eigenvalue weighted by molar-refractivity contribution is 0.705. The van der Waals surface area contributed by atoms with Crippen LogP contribution in [0, 0.1) is 25.2 Å². The van der Waals surface area contributed by atoms with Crippen LogP contribution in [0.2, 0.25) is 0 Å². The van der Waals surface area contributed by atoms with Crippen molar-refractivity contribution in [1.82, 2.24) is 4.98 Å². The first-order chi connectivity index (χ1) is 10.2. The second-order valence-corrected chi connectivity index (χ2v) is 5.63. The standard InChI is InChI=1S/C18H19N3/c1-13-6-3-8-16(14(13)2)17-9-5-11-21(17)18-10-4-7-15(12-19)20-18/h3-4,6-8,10,17H,5,9,11H2,1-2H3. The fraction of sp³-hybridized carbons (Fsp3) is 0.333. The predicted octanol–water partition coefficient (Wildman–Crippen LogP) is 3.91. The molecule has 2 heterocycles. The van der Waals surface area contributed by atoms with Gasteiger partial charge in [0.15, 0.2) is 0 Å². The zero-order chi connectivity index (χ0) is 14.8. The Morgan fingerprint density at radius 3 is 2.81 bits per heavy atom. The third-order valence-electron chi connectivity index (χ3n) is 4.40. The minimum absolute atomic E-state index is 0.367. The van der Waals surface area contributed by atoms with E-state index >= 15 is 0 Å². The van der Waals surface area contributed by atoms with Gasteiger partial charge in [-0.05, 0) is 55.5 Å². The van der Waals surface area contributed by atoms with Crippen molar-refractivity contribution < 1.29 is 0 Å². The molecule has 3 heteroatoms. The fourth-order valence-electron chi connectivity index (χ4n) is 3.14. The largest absolute Gasteiger partial charge is 0.350 e. The van der Waals surface area contributed by atoms with Crippen molar-refractivity contribution in [2.45, 2.75) is 32.7 Å². The van der Waals surface area contributed by atoms with E-state index in [2.05, 4.69) is 48.0 Å². The lowest BCUT2D eigenvalue weighted by Gasteiger charge is -2.27. The fourth-order valence-corrected chi connectivity index (χ4v) is 3.14. The summed E-state index contributed by atoms with van der Waals surface area (Å²) in [6, 6.07) is 14.7. The van der Waals surface area contributed by atoms with E-state index in [-0.39, 0.29) is 0 Å². The lowest BCUT2D eigenvalue weighted by atomic mass is 9.96. The van der Waals surface area contributed by atoms with Crippen LogP contribution in [-0.4, -0.2) is 11.5 Å². The van der Waals surface area contributed by atoms with Crippen molar-refractivity contribution in [3.05, 3.63) is 58.8 Å². The van der Waals surface area contributed by atoms with E-state index in [1.54, 1.807) is 6.07 Å². The van der Waals surface area contributed by atoms with Gasteiger partial charge in [0, 0.05) is 6.54 Å². The normalized spacial score (nSPS) is 17.8. The van der Waals surface area contributed by atoms with Gasteiger partial charge in [-0.25, -0.2) is 4.98 Å². The number of nitrogens with zero attached hydrogens (tertiary/aromatic N) is 3. The molecule has 0 bridgehead atoms. The molecule has 0 spiro atoms. The van der Waals surface area contributed by atoms with E-state index in [9.17, 15) is 0 Å². The first kappa shape index (κ1) is 13.6. The van der Waals surface area contributed by atoms with Crippen LogP contribution in [0.4, 0.5) is 5.82 Å². The molecule has 1 saturated heterocycles. The second kappa shape index (κ2) is 5.57. The van der Waals surface area contributed by atoms with Crippen molar-refractivity contribution in [2.24, 2.45) is 0 Å². The highest BCUT2D eigenvalue weighted by molar-refractivity contribution is 5.48. The number of aryl methyl sites for hydroxylation is 1. The molecule has 3 nitrogen and oxygen atoms in total. The number of pyridine rings is 1. The van der Waals surface area contributed by atoms with Gasteiger partial charge in [-0.1, -0.05) is 24.3 Å². The van der Waals surface area contributed by atoms with E-state index in [1.807, 2.05) is 12.1 Å². The lowest BCUT2D eigenvalue weighted by Crippen LogP contribution is -2.24. The Kier molecular flexibility index (Phi) is 3.62. The van der Waals surface area contributed by atoms with E-state index in [1.165, 1.54) is 16.7 Å². The summed E-state index contributed by atoms with van der Waals surface area (Å²) in [5, 5.41) is 9.04. The Labute approximate surface area is 125 Å². The minimum atomic E-state index is 0.367. The second-order valence-electron chi connectivity index (χ2n) is 5.63. The number of benzene rings is 1. The highest BCUT2D eigenvalue weighted by atomic mass is 15.2. The van der Waals surface area contributed by atoms with Crippen LogP contribution in [-0.2, 0) is 0 Å². The number of nitriles is 1. The van der Waals surface area contributed by atoms with Crippen LogP contribution in [0.3, 0.4) is 0 Å². The molecule has 21 heavy (non-hydrogen) atoms. The molecule has 0 aliphatic carbocycles. The molecule has 106 valence electrons. The van der Waals surface area contributed by atoms with Crippen LogP contribution >= 0.6 is 0 Å². The first-order valence-corrected chi connectivity index (χ1v) is 7.40. The minimum Gasteiger partial charge on any atom is -0.350 e. The van der Waals surface area contributed by atoms with Crippen LogP contribution in [0.15, 0.2) is 36.4 Å². The molecule has 1 unspecified atom stereocenters. The Bertz CT molecular complexity index is 700. The Morgan fingerprint density at radius 1 is 1.19 bits per heavy atom. The highest BCUT2D eigenvalue weighted by Gasteiger charge is 2.28. The number of rotatable bonds is 2. The van der Waals surface area contributed by atoms with Crippen molar-refractivity contribution in [2.75, 3.05) is 11.4 Å². The summed E-state index contributed by atoms with van der Waals surface area (Å²) in [6.45, 7) is 5.35. The first-order valence-electron chi connectivity index (χ1n) is 7.40. The number of hydrogen-bond donors (Lipinski definition) is 0. The molecule has 1 aliphatic heterocycles. The SMILES string of the molecule is Cc1cccc(C2CCCN2c2cccc(C#N)n2)c1C. The average Bonchev–Trinajstić information content (AvgIpc) is 2.99. The summed E-state index contributed by atoms with van der Waals surface area (Å²) >= 11 is 0. The molecule has 1 atom stereocenters. The predicted molar refractivity (Wildman–Crippen MR) is 84.2 cm³/mol. The van der Waals surface area contributed by atoms with E-state index in [4.69, 9.17) is 5.26 Å². The summed E-state index contributed by atoms with van der Waals surface area (Å²) in [4.78, 5) is 6.80. The summed E-state index contributed by atoms with van der Waals surface area (Å²) in [6.07, 6.45) is 2.30. The van der Waals surface area contributed by atoms with E-state index in [0.29, 0.717) is 11.7 Å². The van der Waals surface area contributed by atoms with Crippen molar-refractivity contribution in [1.29, 1.82) is 5.26 Å². The molecule has 3 rings (SSSR count). The molecular formula is C18H19N3. The Hall–Kier alpha value is -2.34. The topological polar surface area (TPSA) is 39.9 Å². The third-order valence-corrected chi connectivity index (χ3v) is 4.40. The molecule has 1 aliphatic rings. The maximum absolute atomic E-state index is 9.04. The molecule has 1 aromatic carbocycles. The van der Waals surface area contributed by atoms with Crippen molar-refractivity contribution >= 4 is 5.82 Å². The van der Waals surface area contributed by atoms with Gasteiger partial charge < -0.3 is 4.90 Å². The molecule has 0 N–H and O–H groups in total. The monoisotopic (exact) mass is 277 g/mol. The maximum Gasteiger partial charge on any atom is 0.142 e. The summed E-state index contributed by atoms with van der Waals surface area (Å²) in [7, 11) is 0. The highest BCUT2D eigenvalue weighted by Crippen LogP contribution is 2.37. The van der Waals surface area contributed by atoms with E-state index < -0.39 is 0 Å². The van der Waals surface area contributed by atoms with Gasteiger partial charge in [0.25, 0.3) is 0 Å². The Morgan fingerprint density at radius 2 is 2.00 bits per heavy atom. The van der Waals surface area contributed by atoms with Gasteiger partial charge in [-0.2, -0.15) is 5.26 Å². The zero-order valence-electron chi connectivity index (χ0n) is 12.5. The van der Waals surface area contributed by atoms with Crippen LogP contribution in [0.5, 0.6) is 0 Å². The molecule has 0 amide bonds. The van der Waals surface area contributed by atoms with Gasteiger partial charge in [0.1, 0.15) is 17.6 Å². The summed E-state index contributed by atoms with van der Waals surface area (Å²) in [5.74, 6) is 0.914. The average molecular weight is 277 g/mol. The third kappa shape index (κ3) is 2.50. The van der Waals surface area contributed by atoms with Crippen LogP contribution < -0.4 is 4.90 Å². The summed E-state index contributed by atoms with van der Waals surface area (Å²) < 4.78 is 0. The van der Waals surface area contributed by atoms with Crippen LogP contribution in [0.25, 0.3) is 0 Å². The number of aromatic nitrogens is 1. The van der Waals surface area contributed by atoms with Gasteiger partial charge in [0.05, 0.1) is 6.04 Å². The van der Waals surface area contributed by atoms with E-state index in [0.717, 1.165) is 25.2 Å². The summed E-state index contributed by atoms with van der Waals surface area (Å²) in [5.41, 5.74) is 4.57. The Balaban J connectivity index is 1.99. The molecular weight excluding hydrogens is 258 g/mol. The molecule has 0 radical (unpaired) electrons. The number of anilines is 1. The van der Waals surface area contributed by atoms with Gasteiger partial charge in [-0.15, -0.1) is 0 Å². The maximum atomic E-state index is 9.04. The molecule has 1 aromatic heterocycles. The van der Waals surface area contributed by atoms with Crippen LogP contribution in [0.1, 0.15) is 41.3 Å². The van der Waals surface area contributed by atoms with Gasteiger partial charge in [0.2, 0.25) is 0 Å². The zero-order valence-corrected chi connectivity index (χ0v) is 12.5.